The minimum atomic E-state index is -0.588. The van der Waals surface area contributed by atoms with Crippen LogP contribution in [0.1, 0.15) is 30.8 Å². The Morgan fingerprint density at radius 2 is 2.15 bits per heavy atom. The van der Waals surface area contributed by atoms with Gasteiger partial charge in [-0.15, -0.1) is 0 Å². The fourth-order valence-corrected chi connectivity index (χ4v) is 3.19. The van der Waals surface area contributed by atoms with Gasteiger partial charge in [0.15, 0.2) is 5.82 Å². The Morgan fingerprint density at radius 1 is 1.37 bits per heavy atom. The van der Waals surface area contributed by atoms with Crippen LogP contribution in [0.2, 0.25) is 0 Å². The van der Waals surface area contributed by atoms with Crippen LogP contribution < -0.4 is 20.5 Å². The summed E-state index contributed by atoms with van der Waals surface area (Å²) in [6, 6.07) is 4.77. The number of nitrogens with zero attached hydrogens (tertiary/aromatic N) is 3. The van der Waals surface area contributed by atoms with Crippen molar-refractivity contribution in [3.8, 4) is 11.5 Å². The van der Waals surface area contributed by atoms with Crippen LogP contribution in [0.4, 0.5) is 5.95 Å². The highest BCUT2D eigenvalue weighted by atomic mass is 16.5. The van der Waals surface area contributed by atoms with E-state index >= 15 is 0 Å². The Balaban J connectivity index is 2.16. The zero-order valence-corrected chi connectivity index (χ0v) is 15.5. The molecule has 0 saturated carbocycles. The van der Waals surface area contributed by atoms with E-state index in [2.05, 4.69) is 15.4 Å². The Kier molecular flexibility index (Phi) is 5.31. The van der Waals surface area contributed by atoms with Gasteiger partial charge in [-0.1, -0.05) is 0 Å². The molecule has 4 N–H and O–H groups in total. The molecule has 2 aromatic rings. The molecule has 1 aliphatic heterocycles. The third kappa shape index (κ3) is 3.45. The number of methoxy groups -OCH3 is 2. The first-order valence-electron chi connectivity index (χ1n) is 8.56. The Bertz CT molecular complexity index is 890. The molecule has 0 radical (unpaired) electrons. The van der Waals surface area contributed by atoms with Crippen molar-refractivity contribution in [1.29, 1.82) is 0 Å². The van der Waals surface area contributed by atoms with Crippen LogP contribution in [0.15, 0.2) is 29.5 Å². The standard InChI is InChI=1S/C18H23N5O4/c1-10-15(17(19)25)16(12-7-6-11(26-2)9-13(12)27-3)23-18(20-10)21-14(22-23)5-4-8-24/h6-7,9,16,24H,4-5,8H2,1-3H3,(H2,19,25)(H,20,21,22)/t16-/m0/s1. The van der Waals surface area contributed by atoms with Gasteiger partial charge in [0.25, 0.3) is 0 Å². The topological polar surface area (TPSA) is 125 Å². The van der Waals surface area contributed by atoms with Crippen molar-refractivity contribution in [3.63, 3.8) is 0 Å². The Labute approximate surface area is 156 Å². The number of primary amides is 1. The van der Waals surface area contributed by atoms with Crippen molar-refractivity contribution in [1.82, 2.24) is 14.8 Å². The fraction of sp³-hybridized carbons (Fsp3) is 0.389. The molecule has 0 fully saturated rings. The van der Waals surface area contributed by atoms with E-state index in [4.69, 9.17) is 20.3 Å². The number of aliphatic hydroxyl groups is 1. The summed E-state index contributed by atoms with van der Waals surface area (Å²) in [7, 11) is 3.12. The predicted octanol–water partition coefficient (Wildman–Crippen LogP) is 0.994. The number of hydrogen-bond donors (Lipinski definition) is 3. The second-order valence-electron chi connectivity index (χ2n) is 6.16. The van der Waals surface area contributed by atoms with E-state index in [9.17, 15) is 4.79 Å². The molecule has 1 aromatic carbocycles. The van der Waals surface area contributed by atoms with Crippen LogP contribution in [-0.2, 0) is 11.2 Å². The maximum atomic E-state index is 12.2. The normalized spacial score (nSPS) is 15.9. The van der Waals surface area contributed by atoms with Crippen LogP contribution in [0.25, 0.3) is 0 Å². The zero-order chi connectivity index (χ0) is 19.6. The highest BCUT2D eigenvalue weighted by Crippen LogP contribution is 2.40. The molecule has 144 valence electrons. The van der Waals surface area contributed by atoms with E-state index in [1.807, 2.05) is 6.07 Å². The number of benzene rings is 1. The summed E-state index contributed by atoms with van der Waals surface area (Å²) < 4.78 is 12.4. The maximum Gasteiger partial charge on any atom is 0.248 e. The number of nitrogens with one attached hydrogen (secondary N) is 1. The smallest absolute Gasteiger partial charge is 0.248 e. The van der Waals surface area contributed by atoms with Gasteiger partial charge >= 0.3 is 0 Å². The van der Waals surface area contributed by atoms with Gasteiger partial charge in [0.1, 0.15) is 17.5 Å². The third-order valence-electron chi connectivity index (χ3n) is 4.46. The van der Waals surface area contributed by atoms with E-state index < -0.39 is 11.9 Å². The van der Waals surface area contributed by atoms with E-state index in [-0.39, 0.29) is 6.61 Å². The first-order chi connectivity index (χ1) is 13.0. The molecule has 3 rings (SSSR count). The lowest BCUT2D eigenvalue weighted by Gasteiger charge is -2.28. The summed E-state index contributed by atoms with van der Waals surface area (Å²) in [5.74, 6) is 1.70. The van der Waals surface area contributed by atoms with Gasteiger partial charge in [0, 0.05) is 30.4 Å². The van der Waals surface area contributed by atoms with Crippen LogP contribution in [0, 0.1) is 0 Å². The summed E-state index contributed by atoms with van der Waals surface area (Å²) in [6.45, 7) is 1.82. The number of anilines is 1. The number of aliphatic hydroxyl groups excluding tert-OH is 1. The van der Waals surface area contributed by atoms with E-state index in [0.29, 0.717) is 52.9 Å². The van der Waals surface area contributed by atoms with Crippen molar-refractivity contribution in [2.75, 3.05) is 26.1 Å². The number of aryl methyl sites for hydroxylation is 1. The lowest BCUT2D eigenvalue weighted by Crippen LogP contribution is -2.32. The van der Waals surface area contributed by atoms with Crippen molar-refractivity contribution < 1.29 is 19.4 Å². The quantitative estimate of drug-likeness (QED) is 0.661. The average Bonchev–Trinajstić information content (AvgIpc) is 3.06. The molecule has 1 aliphatic rings. The van der Waals surface area contributed by atoms with E-state index in [0.717, 1.165) is 0 Å². The molecule has 2 heterocycles. The molecule has 1 atom stereocenters. The van der Waals surface area contributed by atoms with Crippen LogP contribution in [0.3, 0.4) is 0 Å². The third-order valence-corrected chi connectivity index (χ3v) is 4.46. The minimum absolute atomic E-state index is 0.0524. The Morgan fingerprint density at radius 3 is 2.78 bits per heavy atom. The number of allylic oxidation sites excluding steroid dienone is 1. The number of aromatic nitrogens is 3. The number of nitrogens with two attached hydrogens (primary N) is 1. The van der Waals surface area contributed by atoms with Gasteiger partial charge < -0.3 is 25.6 Å². The SMILES string of the molecule is COc1ccc([C@H]2C(C(N)=O)=C(C)Nc3nc(CCCO)nn32)c(OC)c1. The summed E-state index contributed by atoms with van der Waals surface area (Å²) in [6.07, 6.45) is 1.07. The molecule has 0 aliphatic carbocycles. The molecule has 0 unspecified atom stereocenters. The predicted molar refractivity (Wildman–Crippen MR) is 98.6 cm³/mol. The number of rotatable bonds is 7. The molecular weight excluding hydrogens is 350 g/mol. The van der Waals surface area contributed by atoms with Crippen LogP contribution >= 0.6 is 0 Å². The number of carbonyl (C=O) groups excluding carboxylic acids is 1. The monoisotopic (exact) mass is 373 g/mol. The van der Waals surface area contributed by atoms with Crippen LogP contribution in [-0.4, -0.2) is 46.6 Å². The lowest BCUT2D eigenvalue weighted by molar-refractivity contribution is -0.115. The summed E-state index contributed by atoms with van der Waals surface area (Å²) >= 11 is 0. The molecule has 9 heteroatoms. The van der Waals surface area contributed by atoms with Gasteiger partial charge in [-0.2, -0.15) is 10.1 Å². The number of fused-ring (bicyclic) bond motifs is 1. The first kappa shape index (κ1) is 18.7. The van der Waals surface area contributed by atoms with Crippen LogP contribution in [0.5, 0.6) is 11.5 Å². The van der Waals surface area contributed by atoms with Gasteiger partial charge in [0.05, 0.1) is 19.8 Å². The molecule has 0 spiro atoms. The summed E-state index contributed by atoms with van der Waals surface area (Å²) in [4.78, 5) is 16.7. The maximum absolute atomic E-state index is 12.2. The van der Waals surface area contributed by atoms with Crippen molar-refractivity contribution in [3.05, 3.63) is 40.9 Å². The molecule has 1 amide bonds. The molecule has 27 heavy (non-hydrogen) atoms. The average molecular weight is 373 g/mol. The lowest BCUT2D eigenvalue weighted by atomic mass is 9.94. The molecule has 9 nitrogen and oxygen atoms in total. The van der Waals surface area contributed by atoms with Gasteiger partial charge in [-0.25, -0.2) is 4.68 Å². The molecule has 0 bridgehead atoms. The van der Waals surface area contributed by atoms with E-state index in [1.54, 1.807) is 38.0 Å². The number of amides is 1. The number of hydrogen-bond acceptors (Lipinski definition) is 7. The molecule has 1 aromatic heterocycles. The minimum Gasteiger partial charge on any atom is -0.497 e. The van der Waals surface area contributed by atoms with Crippen molar-refractivity contribution >= 4 is 11.9 Å². The second-order valence-corrected chi connectivity index (χ2v) is 6.16. The molecule has 0 saturated heterocycles. The highest BCUT2D eigenvalue weighted by molar-refractivity contribution is 5.95. The van der Waals surface area contributed by atoms with Gasteiger partial charge in [-0.3, -0.25) is 4.79 Å². The van der Waals surface area contributed by atoms with Gasteiger partial charge in [0.2, 0.25) is 11.9 Å². The first-order valence-corrected chi connectivity index (χ1v) is 8.56. The largest absolute Gasteiger partial charge is 0.497 e. The second kappa shape index (κ2) is 7.67. The van der Waals surface area contributed by atoms with Crippen molar-refractivity contribution in [2.24, 2.45) is 5.73 Å². The van der Waals surface area contributed by atoms with Crippen molar-refractivity contribution in [2.45, 2.75) is 25.8 Å². The highest BCUT2D eigenvalue weighted by Gasteiger charge is 2.35. The number of ether oxygens (including phenoxy) is 2. The zero-order valence-electron chi connectivity index (χ0n) is 15.5. The van der Waals surface area contributed by atoms with E-state index in [1.165, 1.54) is 0 Å². The summed E-state index contributed by atoms with van der Waals surface area (Å²) in [5, 5.41) is 16.7. The summed E-state index contributed by atoms with van der Waals surface area (Å²) in [5.41, 5.74) is 7.39. The fourth-order valence-electron chi connectivity index (χ4n) is 3.19. The van der Waals surface area contributed by atoms with Gasteiger partial charge in [-0.05, 0) is 25.5 Å². The Hall–Kier alpha value is -3.07. The molecular formula is C18H23N5O4. The number of carbonyl (C=O) groups is 1.